The molecule has 0 atom stereocenters. The second kappa shape index (κ2) is 5.93. The van der Waals surface area contributed by atoms with Gasteiger partial charge in [0.1, 0.15) is 0 Å². The van der Waals surface area contributed by atoms with E-state index in [-0.39, 0.29) is 11.3 Å². The first-order valence-electron chi connectivity index (χ1n) is 7.26. The van der Waals surface area contributed by atoms with Crippen LogP contribution in [-0.4, -0.2) is 23.1 Å². The summed E-state index contributed by atoms with van der Waals surface area (Å²) in [7, 11) is 0. The van der Waals surface area contributed by atoms with Crippen LogP contribution in [0.25, 0.3) is 11.3 Å². The van der Waals surface area contributed by atoms with Crippen molar-refractivity contribution >= 4 is 17.6 Å². The number of benzene rings is 1. The molecule has 0 radical (unpaired) electrons. The number of aliphatic imine (C=N–C) groups is 1. The van der Waals surface area contributed by atoms with Gasteiger partial charge in [-0.25, -0.2) is 0 Å². The Hall–Kier alpha value is -2.75. The third kappa shape index (κ3) is 2.68. The molecule has 0 aliphatic carbocycles. The van der Waals surface area contributed by atoms with E-state index in [0.717, 1.165) is 11.1 Å². The summed E-state index contributed by atoms with van der Waals surface area (Å²) in [5, 5.41) is 0. The molecule has 0 spiro atoms. The number of aromatic nitrogens is 1. The maximum absolute atomic E-state index is 12.2. The normalized spacial score (nSPS) is 13.2. The van der Waals surface area contributed by atoms with Crippen molar-refractivity contribution in [3.8, 4) is 5.69 Å². The lowest BCUT2D eigenvalue weighted by molar-refractivity contribution is 0.0988. The molecule has 1 aromatic carbocycles. The molecule has 4 nitrogen and oxygen atoms in total. The summed E-state index contributed by atoms with van der Waals surface area (Å²) in [5.41, 5.74) is 3.14. The molecule has 0 amide bonds. The van der Waals surface area contributed by atoms with Gasteiger partial charge in [0.15, 0.2) is 5.78 Å². The standard InChI is InChI=1S/C18H16N2O2/c1-2-17(21)13-4-3-5-16(10-13)20-12-15(6-7-18(20)22)14-8-9-19-11-14/h3-8,10-12H,2,9H2,1H3. The monoisotopic (exact) mass is 292 g/mol. The number of hydrogen-bond acceptors (Lipinski definition) is 3. The zero-order chi connectivity index (χ0) is 15.5. The summed E-state index contributed by atoms with van der Waals surface area (Å²) in [5.74, 6) is 0.0664. The number of carbonyl (C=O) groups is 1. The molecule has 2 heterocycles. The summed E-state index contributed by atoms with van der Waals surface area (Å²) in [6.45, 7) is 2.50. The molecule has 22 heavy (non-hydrogen) atoms. The van der Waals surface area contributed by atoms with Gasteiger partial charge in [-0.1, -0.05) is 25.1 Å². The maximum atomic E-state index is 12.2. The minimum absolute atomic E-state index is 0.0664. The molecule has 1 aliphatic rings. The van der Waals surface area contributed by atoms with Gasteiger partial charge >= 0.3 is 0 Å². The molecule has 110 valence electrons. The minimum atomic E-state index is -0.125. The van der Waals surface area contributed by atoms with Gasteiger partial charge in [0.2, 0.25) is 0 Å². The third-order valence-corrected chi connectivity index (χ3v) is 3.66. The van der Waals surface area contributed by atoms with E-state index in [1.54, 1.807) is 41.2 Å². The Morgan fingerprint density at radius 3 is 2.86 bits per heavy atom. The average molecular weight is 292 g/mol. The van der Waals surface area contributed by atoms with Gasteiger partial charge in [0.25, 0.3) is 5.56 Å². The summed E-state index contributed by atoms with van der Waals surface area (Å²) >= 11 is 0. The second-order valence-electron chi connectivity index (χ2n) is 5.11. The van der Waals surface area contributed by atoms with Crippen LogP contribution in [0.3, 0.4) is 0 Å². The van der Waals surface area contributed by atoms with Crippen LogP contribution in [0.2, 0.25) is 0 Å². The number of nitrogens with zero attached hydrogens (tertiary/aromatic N) is 2. The van der Waals surface area contributed by atoms with Crippen LogP contribution in [0.5, 0.6) is 0 Å². The van der Waals surface area contributed by atoms with Crippen molar-refractivity contribution in [2.75, 3.05) is 6.54 Å². The second-order valence-corrected chi connectivity index (χ2v) is 5.11. The topological polar surface area (TPSA) is 51.4 Å². The molecule has 0 saturated carbocycles. The van der Waals surface area contributed by atoms with Gasteiger partial charge in [0, 0.05) is 36.1 Å². The Labute approximate surface area is 128 Å². The van der Waals surface area contributed by atoms with Crippen molar-refractivity contribution < 1.29 is 4.79 Å². The predicted molar refractivity (Wildman–Crippen MR) is 88.0 cm³/mol. The van der Waals surface area contributed by atoms with Crippen LogP contribution in [0.1, 0.15) is 29.3 Å². The fourth-order valence-electron chi connectivity index (χ4n) is 2.44. The average Bonchev–Trinajstić information content (AvgIpc) is 3.09. The van der Waals surface area contributed by atoms with Gasteiger partial charge in [-0.05, 0) is 29.3 Å². The summed E-state index contributed by atoms with van der Waals surface area (Å²) in [4.78, 5) is 28.2. The molecule has 0 unspecified atom stereocenters. The Morgan fingerprint density at radius 2 is 2.14 bits per heavy atom. The van der Waals surface area contributed by atoms with Crippen LogP contribution in [-0.2, 0) is 0 Å². The fraction of sp³-hybridized carbons (Fsp3) is 0.167. The van der Waals surface area contributed by atoms with Gasteiger partial charge in [0.05, 0.1) is 6.54 Å². The molecule has 0 bridgehead atoms. The van der Waals surface area contributed by atoms with E-state index in [1.807, 2.05) is 19.1 Å². The smallest absolute Gasteiger partial charge is 0.255 e. The number of allylic oxidation sites excluding steroid dienone is 1. The van der Waals surface area contributed by atoms with Crippen molar-refractivity contribution in [1.29, 1.82) is 0 Å². The Bertz CT molecular complexity index is 844. The molecule has 1 aromatic heterocycles. The SMILES string of the molecule is CCC(=O)c1cccc(-n2cc(C3=CCN=C3)ccc2=O)c1. The van der Waals surface area contributed by atoms with Crippen LogP contribution >= 0.6 is 0 Å². The quantitative estimate of drug-likeness (QED) is 0.814. The molecule has 4 heteroatoms. The molecule has 1 aliphatic heterocycles. The Balaban J connectivity index is 2.08. The first-order valence-corrected chi connectivity index (χ1v) is 7.26. The molecule has 2 aromatic rings. The highest BCUT2D eigenvalue weighted by molar-refractivity contribution is 6.11. The lowest BCUT2D eigenvalue weighted by Crippen LogP contribution is -2.17. The van der Waals surface area contributed by atoms with Crippen molar-refractivity contribution in [2.24, 2.45) is 4.99 Å². The van der Waals surface area contributed by atoms with Gasteiger partial charge in [-0.3, -0.25) is 19.1 Å². The highest BCUT2D eigenvalue weighted by atomic mass is 16.1. The Morgan fingerprint density at radius 1 is 1.27 bits per heavy atom. The summed E-state index contributed by atoms with van der Waals surface area (Å²) in [6.07, 6.45) is 6.06. The van der Waals surface area contributed by atoms with Gasteiger partial charge < -0.3 is 0 Å². The van der Waals surface area contributed by atoms with E-state index in [1.165, 1.54) is 6.07 Å². The van der Waals surface area contributed by atoms with E-state index in [9.17, 15) is 9.59 Å². The highest BCUT2D eigenvalue weighted by Gasteiger charge is 2.08. The van der Waals surface area contributed by atoms with Crippen LogP contribution in [0, 0.1) is 0 Å². The van der Waals surface area contributed by atoms with Crippen molar-refractivity contribution in [2.45, 2.75) is 13.3 Å². The number of Topliss-reactive ketones (excluding diaryl/α,β-unsaturated/α-hetero) is 1. The number of hydrogen-bond donors (Lipinski definition) is 0. The first kappa shape index (κ1) is 14.2. The largest absolute Gasteiger partial charge is 0.294 e. The first-order chi connectivity index (χ1) is 10.7. The molecular formula is C18H16N2O2. The number of rotatable bonds is 4. The summed E-state index contributed by atoms with van der Waals surface area (Å²) < 4.78 is 1.56. The van der Waals surface area contributed by atoms with Crippen LogP contribution in [0.15, 0.2) is 58.5 Å². The zero-order valence-corrected chi connectivity index (χ0v) is 12.3. The third-order valence-electron chi connectivity index (χ3n) is 3.66. The summed E-state index contributed by atoms with van der Waals surface area (Å²) in [6, 6.07) is 10.5. The van der Waals surface area contributed by atoms with E-state index >= 15 is 0 Å². The van der Waals surface area contributed by atoms with Gasteiger partial charge in [-0.15, -0.1) is 0 Å². The van der Waals surface area contributed by atoms with E-state index < -0.39 is 0 Å². The lowest BCUT2D eigenvalue weighted by Gasteiger charge is -2.09. The number of pyridine rings is 1. The molecular weight excluding hydrogens is 276 g/mol. The van der Waals surface area contributed by atoms with Gasteiger partial charge in [-0.2, -0.15) is 0 Å². The maximum Gasteiger partial charge on any atom is 0.255 e. The number of ketones is 1. The fourth-order valence-corrected chi connectivity index (χ4v) is 2.44. The highest BCUT2D eigenvalue weighted by Crippen LogP contribution is 2.17. The Kier molecular flexibility index (Phi) is 3.83. The zero-order valence-electron chi connectivity index (χ0n) is 12.3. The molecule has 0 saturated heterocycles. The minimum Gasteiger partial charge on any atom is -0.294 e. The van der Waals surface area contributed by atoms with Crippen LogP contribution < -0.4 is 5.56 Å². The van der Waals surface area contributed by atoms with Crippen molar-refractivity contribution in [1.82, 2.24) is 4.57 Å². The van der Waals surface area contributed by atoms with E-state index in [2.05, 4.69) is 4.99 Å². The van der Waals surface area contributed by atoms with Crippen molar-refractivity contribution in [3.05, 3.63) is 70.2 Å². The lowest BCUT2D eigenvalue weighted by atomic mass is 10.1. The van der Waals surface area contributed by atoms with E-state index in [4.69, 9.17) is 0 Å². The van der Waals surface area contributed by atoms with Crippen molar-refractivity contribution in [3.63, 3.8) is 0 Å². The predicted octanol–water partition coefficient (Wildman–Crippen LogP) is 2.90. The van der Waals surface area contributed by atoms with E-state index in [0.29, 0.717) is 24.2 Å². The molecule has 0 fully saturated rings. The molecule has 3 rings (SSSR count). The number of carbonyl (C=O) groups excluding carboxylic acids is 1. The molecule has 0 N–H and O–H groups in total. The van der Waals surface area contributed by atoms with Crippen LogP contribution in [0.4, 0.5) is 0 Å².